The van der Waals surface area contributed by atoms with Crippen LogP contribution in [-0.4, -0.2) is 23.1 Å². The van der Waals surface area contributed by atoms with Gasteiger partial charge in [-0.1, -0.05) is 19.4 Å². The molecule has 0 aromatic rings. The average Bonchev–Trinajstić information content (AvgIpc) is 2.82. The molecule has 0 heterocycles. The molecule has 4 rings (SSSR count). The zero-order valence-electron chi connectivity index (χ0n) is 17.0. The van der Waals surface area contributed by atoms with Crippen molar-refractivity contribution in [3.8, 4) is 0 Å². The normalized spacial score (nSPS) is 46.0. The van der Waals surface area contributed by atoms with Crippen molar-refractivity contribution < 1.29 is 19.1 Å². The standard InChI is InChI=1S/C23H32O4/c1-13-12-23(14(2)24,27-15(3)25)22(4)10-9-19-18-8-6-17(26)11-16(18)5-7-20(19)21(13)22/h11,13,18-21H,5-10,12H2,1-4H3/t13-,18+,19-,20-,21+,22+,23+/m1/s1. The van der Waals surface area contributed by atoms with E-state index in [1.165, 1.54) is 12.5 Å². The van der Waals surface area contributed by atoms with Gasteiger partial charge in [0.05, 0.1) is 0 Å². The highest BCUT2D eigenvalue weighted by Gasteiger charge is 2.68. The lowest BCUT2D eigenvalue weighted by atomic mass is 9.49. The van der Waals surface area contributed by atoms with Crippen LogP contribution >= 0.6 is 0 Å². The molecule has 0 aliphatic heterocycles. The van der Waals surface area contributed by atoms with E-state index >= 15 is 0 Å². The summed E-state index contributed by atoms with van der Waals surface area (Å²) >= 11 is 0. The Morgan fingerprint density at radius 3 is 2.52 bits per heavy atom. The highest BCUT2D eigenvalue weighted by Crippen LogP contribution is 2.67. The number of ketones is 2. The molecule has 0 radical (unpaired) electrons. The lowest BCUT2D eigenvalue weighted by molar-refractivity contribution is -0.186. The Balaban J connectivity index is 1.71. The molecule has 4 nitrogen and oxygen atoms in total. The second-order valence-electron chi connectivity index (χ2n) is 9.84. The molecule has 0 aromatic heterocycles. The number of hydrogen-bond acceptors (Lipinski definition) is 4. The fraction of sp³-hybridized carbons (Fsp3) is 0.783. The third-order valence-corrected chi connectivity index (χ3v) is 8.58. The van der Waals surface area contributed by atoms with Gasteiger partial charge in [-0.05, 0) is 81.1 Å². The number of carbonyl (C=O) groups excluding carboxylic acids is 3. The topological polar surface area (TPSA) is 60.4 Å². The first-order valence-electron chi connectivity index (χ1n) is 10.6. The van der Waals surface area contributed by atoms with E-state index in [0.29, 0.717) is 48.2 Å². The maximum absolute atomic E-state index is 12.8. The van der Waals surface area contributed by atoms with Crippen molar-refractivity contribution in [2.45, 2.75) is 78.2 Å². The van der Waals surface area contributed by atoms with E-state index in [9.17, 15) is 14.4 Å². The Morgan fingerprint density at radius 2 is 1.85 bits per heavy atom. The van der Waals surface area contributed by atoms with Gasteiger partial charge in [-0.2, -0.15) is 0 Å². The van der Waals surface area contributed by atoms with Crippen LogP contribution < -0.4 is 0 Å². The average molecular weight is 373 g/mol. The number of esters is 1. The molecular formula is C23H32O4. The molecule has 0 amide bonds. The zero-order valence-corrected chi connectivity index (χ0v) is 17.0. The number of rotatable bonds is 2. The number of allylic oxidation sites excluding steroid dienone is 1. The van der Waals surface area contributed by atoms with E-state index in [4.69, 9.17) is 4.74 Å². The number of fused-ring (bicyclic) bond motifs is 5. The largest absolute Gasteiger partial charge is 0.451 e. The Hall–Kier alpha value is -1.45. The van der Waals surface area contributed by atoms with E-state index in [2.05, 4.69) is 13.8 Å². The fourth-order valence-corrected chi connectivity index (χ4v) is 7.78. The van der Waals surface area contributed by atoms with Gasteiger partial charge in [0.2, 0.25) is 0 Å². The Kier molecular flexibility index (Phi) is 4.40. The van der Waals surface area contributed by atoms with Gasteiger partial charge in [0.15, 0.2) is 17.2 Å². The molecule has 27 heavy (non-hydrogen) atoms. The summed E-state index contributed by atoms with van der Waals surface area (Å²) in [5.41, 5.74) is 0.128. The molecule has 148 valence electrons. The van der Waals surface area contributed by atoms with Gasteiger partial charge in [-0.25, -0.2) is 0 Å². The van der Waals surface area contributed by atoms with E-state index in [1.807, 2.05) is 6.08 Å². The summed E-state index contributed by atoms with van der Waals surface area (Å²) in [5, 5.41) is 0. The van der Waals surface area contributed by atoms with Crippen molar-refractivity contribution in [3.05, 3.63) is 11.6 Å². The number of carbonyl (C=O) groups is 3. The van der Waals surface area contributed by atoms with Crippen LogP contribution in [-0.2, 0) is 19.1 Å². The van der Waals surface area contributed by atoms with Gasteiger partial charge < -0.3 is 4.74 Å². The maximum atomic E-state index is 12.8. The van der Waals surface area contributed by atoms with E-state index in [0.717, 1.165) is 32.1 Å². The van der Waals surface area contributed by atoms with Gasteiger partial charge in [0.25, 0.3) is 0 Å². The van der Waals surface area contributed by atoms with Gasteiger partial charge in [0.1, 0.15) is 0 Å². The predicted molar refractivity (Wildman–Crippen MR) is 102 cm³/mol. The third-order valence-electron chi connectivity index (χ3n) is 8.58. The molecule has 4 aliphatic carbocycles. The quantitative estimate of drug-likeness (QED) is 0.679. The third kappa shape index (κ3) is 2.58. The highest BCUT2D eigenvalue weighted by molar-refractivity contribution is 5.91. The van der Waals surface area contributed by atoms with Crippen LogP contribution in [0.3, 0.4) is 0 Å². The van der Waals surface area contributed by atoms with Crippen molar-refractivity contribution in [2.75, 3.05) is 0 Å². The minimum Gasteiger partial charge on any atom is -0.451 e. The van der Waals surface area contributed by atoms with Crippen LogP contribution in [0.4, 0.5) is 0 Å². The summed E-state index contributed by atoms with van der Waals surface area (Å²) in [6, 6.07) is 0. The summed E-state index contributed by atoms with van der Waals surface area (Å²) in [4.78, 5) is 36.6. The molecule has 0 saturated heterocycles. The summed E-state index contributed by atoms with van der Waals surface area (Å²) in [6.45, 7) is 7.48. The van der Waals surface area contributed by atoms with Gasteiger partial charge in [0, 0.05) is 18.8 Å². The second kappa shape index (κ2) is 6.28. The molecule has 3 fully saturated rings. The second-order valence-corrected chi connectivity index (χ2v) is 9.84. The van der Waals surface area contributed by atoms with E-state index in [-0.39, 0.29) is 17.2 Å². The molecule has 4 heteroatoms. The first kappa shape index (κ1) is 18.9. The fourth-order valence-electron chi connectivity index (χ4n) is 7.78. The van der Waals surface area contributed by atoms with Crippen LogP contribution in [0.1, 0.15) is 72.6 Å². The SMILES string of the molecule is CC(=O)O[C@]1(C(C)=O)C[C@@H](C)[C@H]2[C@@H]3CCC4=CC(=O)CC[C@@H]4[C@H]3CC[C@@]21C. The van der Waals surface area contributed by atoms with Gasteiger partial charge in [-0.3, -0.25) is 14.4 Å². The minimum absolute atomic E-state index is 0.00709. The zero-order chi connectivity index (χ0) is 19.6. The molecule has 3 saturated carbocycles. The van der Waals surface area contributed by atoms with Crippen LogP contribution in [0.25, 0.3) is 0 Å². The van der Waals surface area contributed by atoms with Crippen LogP contribution in [0.15, 0.2) is 11.6 Å². The Morgan fingerprint density at radius 1 is 1.11 bits per heavy atom. The smallest absolute Gasteiger partial charge is 0.303 e. The molecule has 0 aromatic carbocycles. The van der Waals surface area contributed by atoms with Crippen molar-refractivity contribution in [1.29, 1.82) is 0 Å². The summed E-state index contributed by atoms with van der Waals surface area (Å²) in [5.74, 6) is 2.43. The van der Waals surface area contributed by atoms with Crippen molar-refractivity contribution in [3.63, 3.8) is 0 Å². The monoisotopic (exact) mass is 372 g/mol. The summed E-state index contributed by atoms with van der Waals surface area (Å²) < 4.78 is 5.86. The van der Waals surface area contributed by atoms with E-state index in [1.54, 1.807) is 6.92 Å². The van der Waals surface area contributed by atoms with Crippen molar-refractivity contribution in [1.82, 2.24) is 0 Å². The molecular weight excluding hydrogens is 340 g/mol. The summed E-state index contributed by atoms with van der Waals surface area (Å²) in [7, 11) is 0. The molecule has 4 aliphatic rings. The predicted octanol–water partition coefficient (Wildman–Crippen LogP) is 4.27. The first-order chi connectivity index (χ1) is 12.7. The van der Waals surface area contributed by atoms with Crippen molar-refractivity contribution in [2.24, 2.45) is 35.0 Å². The highest BCUT2D eigenvalue weighted by atomic mass is 16.6. The van der Waals surface area contributed by atoms with Crippen LogP contribution in [0, 0.1) is 35.0 Å². The number of ether oxygens (including phenoxy) is 1. The molecule has 0 bridgehead atoms. The van der Waals surface area contributed by atoms with E-state index < -0.39 is 5.60 Å². The lowest BCUT2D eigenvalue weighted by Crippen LogP contribution is -2.57. The lowest BCUT2D eigenvalue weighted by Gasteiger charge is -2.56. The summed E-state index contributed by atoms with van der Waals surface area (Å²) in [6.07, 6.45) is 8.35. The van der Waals surface area contributed by atoms with Crippen LogP contribution in [0.2, 0.25) is 0 Å². The van der Waals surface area contributed by atoms with Crippen molar-refractivity contribution >= 4 is 17.5 Å². The van der Waals surface area contributed by atoms with Gasteiger partial charge in [-0.15, -0.1) is 0 Å². The Labute approximate surface area is 162 Å². The minimum atomic E-state index is -0.966. The maximum Gasteiger partial charge on any atom is 0.303 e. The Bertz CT molecular complexity index is 722. The van der Waals surface area contributed by atoms with Gasteiger partial charge >= 0.3 is 5.97 Å². The molecule has 7 atom stereocenters. The molecule has 0 N–H and O–H groups in total. The first-order valence-corrected chi connectivity index (χ1v) is 10.6. The number of Topliss-reactive ketones (excluding diaryl/α,β-unsaturated/α-hetero) is 1. The van der Waals surface area contributed by atoms with Crippen LogP contribution in [0.5, 0.6) is 0 Å². The molecule has 0 unspecified atom stereocenters. The molecule has 0 spiro atoms. The number of hydrogen-bond donors (Lipinski definition) is 0.